The molecule has 1 aromatic heterocycles. The summed E-state index contributed by atoms with van der Waals surface area (Å²) in [4.78, 5) is 11.9. The first-order valence-electron chi connectivity index (χ1n) is 6.95. The molecular weight excluding hydrogens is 365 g/mol. The molecule has 0 saturated heterocycles. The lowest BCUT2D eigenvalue weighted by atomic mass is 10.3. The molecule has 1 N–H and O–H groups in total. The highest BCUT2D eigenvalue weighted by molar-refractivity contribution is 8.01. The maximum Gasteiger partial charge on any atom is 0.234 e. The van der Waals surface area contributed by atoms with Crippen LogP contribution in [0.4, 0.5) is 10.1 Å². The van der Waals surface area contributed by atoms with Crippen LogP contribution in [0.3, 0.4) is 0 Å². The summed E-state index contributed by atoms with van der Waals surface area (Å²) in [5, 5.41) is 7.08. The number of rotatable bonds is 5. The van der Waals surface area contributed by atoms with Crippen LogP contribution in [0, 0.1) is 9.77 Å². The number of thioether (sulfide) groups is 1. The van der Waals surface area contributed by atoms with Gasteiger partial charge in [0.15, 0.2) is 8.29 Å². The maximum absolute atomic E-state index is 13.1. The van der Waals surface area contributed by atoms with E-state index in [4.69, 9.17) is 12.2 Å². The van der Waals surface area contributed by atoms with Crippen LogP contribution < -0.4 is 5.32 Å². The number of carbonyl (C=O) groups excluding carboxylic acids is 1. The molecule has 3 rings (SSSR count). The second kappa shape index (κ2) is 7.69. The fourth-order valence-electron chi connectivity index (χ4n) is 1.94. The van der Waals surface area contributed by atoms with E-state index >= 15 is 0 Å². The highest BCUT2D eigenvalue weighted by Gasteiger charge is 2.09. The summed E-state index contributed by atoms with van der Waals surface area (Å²) in [7, 11) is 0. The van der Waals surface area contributed by atoms with Gasteiger partial charge in [0.25, 0.3) is 0 Å². The smallest absolute Gasteiger partial charge is 0.234 e. The van der Waals surface area contributed by atoms with Gasteiger partial charge in [-0.25, -0.2) is 9.07 Å². The predicted molar refractivity (Wildman–Crippen MR) is 98.0 cm³/mol. The molecule has 1 amide bonds. The van der Waals surface area contributed by atoms with Crippen molar-refractivity contribution in [3.8, 4) is 5.69 Å². The number of nitrogens with one attached hydrogen (secondary N) is 1. The zero-order valence-corrected chi connectivity index (χ0v) is 14.8. The summed E-state index contributed by atoms with van der Waals surface area (Å²) in [5.74, 6) is -0.439. The molecule has 8 heteroatoms. The molecule has 0 bridgehead atoms. The van der Waals surface area contributed by atoms with Gasteiger partial charge >= 0.3 is 0 Å². The minimum Gasteiger partial charge on any atom is -0.325 e. The van der Waals surface area contributed by atoms with Gasteiger partial charge in [-0.15, -0.1) is 5.10 Å². The van der Waals surface area contributed by atoms with E-state index < -0.39 is 0 Å². The van der Waals surface area contributed by atoms with E-state index in [1.54, 1.807) is 16.8 Å². The molecule has 24 heavy (non-hydrogen) atoms. The van der Waals surface area contributed by atoms with Gasteiger partial charge in [0, 0.05) is 5.69 Å². The monoisotopic (exact) mass is 377 g/mol. The van der Waals surface area contributed by atoms with Crippen LogP contribution in [0.15, 0.2) is 58.9 Å². The lowest BCUT2D eigenvalue weighted by Gasteiger charge is -2.03. The van der Waals surface area contributed by atoms with Gasteiger partial charge in [0.1, 0.15) is 5.82 Å². The standard InChI is InChI=1S/C16H12FN3OS3/c17-11-5-4-6-12(9-11)18-14(21)10-23-15-19-20(16(22)24-15)13-7-2-1-3-8-13/h1-9H,10H2,(H,18,21). The summed E-state index contributed by atoms with van der Waals surface area (Å²) in [6, 6.07) is 15.4. The number of carbonyl (C=O) groups is 1. The third-order valence-electron chi connectivity index (χ3n) is 2.97. The van der Waals surface area contributed by atoms with Crippen LogP contribution in [-0.2, 0) is 4.79 Å². The zero-order valence-electron chi connectivity index (χ0n) is 12.3. The molecule has 0 unspecified atom stereocenters. The zero-order chi connectivity index (χ0) is 16.9. The van der Waals surface area contributed by atoms with Crippen molar-refractivity contribution in [3.05, 3.63) is 64.4 Å². The topological polar surface area (TPSA) is 46.9 Å². The molecule has 0 saturated carbocycles. The predicted octanol–water partition coefficient (Wildman–Crippen LogP) is 4.53. The van der Waals surface area contributed by atoms with Gasteiger partial charge in [-0.2, -0.15) is 0 Å². The highest BCUT2D eigenvalue weighted by atomic mass is 32.2. The summed E-state index contributed by atoms with van der Waals surface area (Å²) in [5.41, 5.74) is 1.32. The number of hydrogen-bond donors (Lipinski definition) is 1. The number of benzene rings is 2. The fourth-order valence-corrected chi connectivity index (χ4v) is 4.10. The van der Waals surface area contributed by atoms with Crippen LogP contribution in [0.2, 0.25) is 0 Å². The summed E-state index contributed by atoms with van der Waals surface area (Å²) in [6.45, 7) is 0. The van der Waals surface area contributed by atoms with Crippen LogP contribution in [0.5, 0.6) is 0 Å². The SMILES string of the molecule is O=C(CSc1nn(-c2ccccc2)c(=S)s1)Nc1cccc(F)c1. The Labute approximate surface area is 151 Å². The van der Waals surface area contributed by atoms with Gasteiger partial charge in [0.2, 0.25) is 5.91 Å². The number of amides is 1. The van der Waals surface area contributed by atoms with E-state index in [-0.39, 0.29) is 17.5 Å². The van der Waals surface area contributed by atoms with Crippen molar-refractivity contribution >= 4 is 46.9 Å². The van der Waals surface area contributed by atoms with Crippen molar-refractivity contribution in [2.75, 3.05) is 11.1 Å². The first kappa shape index (κ1) is 16.8. The summed E-state index contributed by atoms with van der Waals surface area (Å²) < 4.78 is 16.1. The van der Waals surface area contributed by atoms with Crippen LogP contribution in [0.1, 0.15) is 0 Å². The highest BCUT2D eigenvalue weighted by Crippen LogP contribution is 2.24. The van der Waals surface area contributed by atoms with Gasteiger partial charge in [-0.05, 0) is 42.5 Å². The molecule has 0 aliphatic heterocycles. The van der Waals surface area contributed by atoms with E-state index in [0.29, 0.717) is 14.0 Å². The minimum absolute atomic E-state index is 0.174. The third-order valence-corrected chi connectivity index (χ3v) is 5.33. The first-order chi connectivity index (χ1) is 11.6. The molecule has 4 nitrogen and oxygen atoms in total. The average molecular weight is 377 g/mol. The quantitative estimate of drug-likeness (QED) is 0.524. The van der Waals surface area contributed by atoms with E-state index in [0.717, 1.165) is 5.69 Å². The van der Waals surface area contributed by atoms with Crippen molar-refractivity contribution in [1.82, 2.24) is 9.78 Å². The number of hydrogen-bond acceptors (Lipinski definition) is 5. The van der Waals surface area contributed by atoms with Gasteiger partial charge in [-0.1, -0.05) is 47.4 Å². The molecule has 2 aromatic carbocycles. The summed E-state index contributed by atoms with van der Waals surface area (Å²) in [6.07, 6.45) is 0. The molecule has 0 fully saturated rings. The molecule has 0 radical (unpaired) electrons. The molecule has 122 valence electrons. The van der Waals surface area contributed by atoms with E-state index in [1.165, 1.54) is 35.2 Å². The van der Waals surface area contributed by atoms with E-state index in [9.17, 15) is 9.18 Å². The van der Waals surface area contributed by atoms with Crippen LogP contribution in [0.25, 0.3) is 5.69 Å². The Kier molecular flexibility index (Phi) is 5.39. The Hall–Kier alpha value is -2.03. The lowest BCUT2D eigenvalue weighted by Crippen LogP contribution is -2.14. The number of nitrogens with zero attached hydrogens (tertiary/aromatic N) is 2. The van der Waals surface area contributed by atoms with Crippen molar-refractivity contribution in [3.63, 3.8) is 0 Å². The number of para-hydroxylation sites is 1. The minimum atomic E-state index is -0.389. The van der Waals surface area contributed by atoms with Gasteiger partial charge < -0.3 is 5.32 Å². The number of halogens is 1. The van der Waals surface area contributed by atoms with Gasteiger partial charge in [-0.3, -0.25) is 4.79 Å². The molecule has 0 aliphatic carbocycles. The van der Waals surface area contributed by atoms with E-state index in [2.05, 4.69) is 10.4 Å². The molecule has 3 aromatic rings. The van der Waals surface area contributed by atoms with Crippen molar-refractivity contribution in [2.45, 2.75) is 4.34 Å². The molecular formula is C16H12FN3OS3. The molecule has 1 heterocycles. The van der Waals surface area contributed by atoms with Crippen LogP contribution in [-0.4, -0.2) is 21.4 Å². The van der Waals surface area contributed by atoms with Crippen molar-refractivity contribution in [1.29, 1.82) is 0 Å². The van der Waals surface area contributed by atoms with Gasteiger partial charge in [0.05, 0.1) is 11.4 Å². The Morgan fingerprint density at radius 1 is 1.25 bits per heavy atom. The Morgan fingerprint density at radius 3 is 2.79 bits per heavy atom. The second-order valence-electron chi connectivity index (χ2n) is 4.73. The normalized spacial score (nSPS) is 10.5. The van der Waals surface area contributed by atoms with Crippen molar-refractivity contribution in [2.24, 2.45) is 0 Å². The van der Waals surface area contributed by atoms with Crippen LogP contribution >= 0.6 is 35.3 Å². The number of anilines is 1. The first-order valence-corrected chi connectivity index (χ1v) is 9.17. The fraction of sp³-hybridized carbons (Fsp3) is 0.0625. The second-order valence-corrected chi connectivity index (χ2v) is 7.57. The molecule has 0 atom stereocenters. The largest absolute Gasteiger partial charge is 0.325 e. The number of aromatic nitrogens is 2. The Balaban J connectivity index is 1.63. The Morgan fingerprint density at radius 2 is 2.04 bits per heavy atom. The molecule has 0 spiro atoms. The van der Waals surface area contributed by atoms with E-state index in [1.807, 2.05) is 30.3 Å². The summed E-state index contributed by atoms with van der Waals surface area (Å²) >= 11 is 7.96. The molecule has 0 aliphatic rings. The van der Waals surface area contributed by atoms with Crippen molar-refractivity contribution < 1.29 is 9.18 Å². The Bertz CT molecular complexity index is 908. The lowest BCUT2D eigenvalue weighted by molar-refractivity contribution is -0.113. The third kappa shape index (κ3) is 4.28. The average Bonchev–Trinajstić information content (AvgIpc) is 2.95. The maximum atomic E-state index is 13.1.